The molecule has 0 aliphatic rings. The van der Waals surface area contributed by atoms with Crippen molar-refractivity contribution in [2.45, 2.75) is 32.2 Å². The third-order valence-electron chi connectivity index (χ3n) is 3.57. The van der Waals surface area contributed by atoms with Crippen LogP contribution >= 0.6 is 23.2 Å². The first-order chi connectivity index (χ1) is 9.58. The molecule has 0 amide bonds. The third-order valence-corrected chi connectivity index (χ3v) is 4.28. The minimum absolute atomic E-state index is 0.0620. The van der Waals surface area contributed by atoms with E-state index in [1.807, 2.05) is 18.2 Å². The zero-order valence-electron chi connectivity index (χ0n) is 11.6. The molecule has 0 bridgehead atoms. The second kappa shape index (κ2) is 7.12. The fraction of sp³-hybridized carbons (Fsp3) is 0.294. The van der Waals surface area contributed by atoms with Gasteiger partial charge in [-0.15, -0.1) is 0 Å². The molecule has 106 valence electrons. The lowest BCUT2D eigenvalue weighted by Crippen LogP contribution is -2.24. The number of rotatable bonds is 5. The Kier molecular flexibility index (Phi) is 5.47. The molecular weight excluding hydrogens is 289 g/mol. The van der Waals surface area contributed by atoms with Crippen LogP contribution in [0.5, 0.6) is 0 Å². The fourth-order valence-corrected chi connectivity index (χ4v) is 2.87. The maximum Gasteiger partial charge on any atom is 0.0453 e. The van der Waals surface area contributed by atoms with E-state index in [4.69, 9.17) is 28.9 Å². The highest BCUT2D eigenvalue weighted by Gasteiger charge is 2.11. The molecule has 0 aliphatic heterocycles. The second-order valence-electron chi connectivity index (χ2n) is 5.13. The van der Waals surface area contributed by atoms with Gasteiger partial charge in [-0.05, 0) is 55.0 Å². The Morgan fingerprint density at radius 2 is 1.65 bits per heavy atom. The van der Waals surface area contributed by atoms with Crippen molar-refractivity contribution < 1.29 is 0 Å². The molecule has 2 aromatic carbocycles. The molecule has 0 fully saturated rings. The van der Waals surface area contributed by atoms with Crippen LogP contribution in [0.3, 0.4) is 0 Å². The van der Waals surface area contributed by atoms with E-state index in [-0.39, 0.29) is 6.04 Å². The van der Waals surface area contributed by atoms with Crippen molar-refractivity contribution in [1.29, 1.82) is 0 Å². The van der Waals surface area contributed by atoms with Crippen LogP contribution in [-0.2, 0) is 12.8 Å². The van der Waals surface area contributed by atoms with Gasteiger partial charge in [-0.3, -0.25) is 0 Å². The Labute approximate surface area is 130 Å². The lowest BCUT2D eigenvalue weighted by molar-refractivity contribution is 0.609. The Bertz CT molecular complexity index is 561. The Morgan fingerprint density at radius 3 is 2.30 bits per heavy atom. The summed E-state index contributed by atoms with van der Waals surface area (Å²) in [5.41, 5.74) is 9.85. The minimum Gasteiger partial charge on any atom is -0.327 e. The van der Waals surface area contributed by atoms with Gasteiger partial charge < -0.3 is 5.73 Å². The van der Waals surface area contributed by atoms with Crippen molar-refractivity contribution in [3.05, 3.63) is 69.2 Å². The number of hydrogen-bond donors (Lipinski definition) is 1. The van der Waals surface area contributed by atoms with Crippen molar-refractivity contribution in [3.63, 3.8) is 0 Å². The monoisotopic (exact) mass is 307 g/mol. The molecule has 2 rings (SSSR count). The zero-order chi connectivity index (χ0) is 14.5. The van der Waals surface area contributed by atoms with Gasteiger partial charge >= 0.3 is 0 Å². The lowest BCUT2D eigenvalue weighted by Gasteiger charge is -2.14. The molecule has 3 heteroatoms. The smallest absolute Gasteiger partial charge is 0.0453 e. The number of nitrogens with two attached hydrogens (primary N) is 1. The Hall–Kier alpha value is -1.02. The summed E-state index contributed by atoms with van der Waals surface area (Å²) in [5, 5.41) is 1.40. The summed E-state index contributed by atoms with van der Waals surface area (Å²) in [5.74, 6) is 0. The average Bonchev–Trinajstić information content (AvgIpc) is 2.42. The molecule has 0 saturated heterocycles. The molecule has 20 heavy (non-hydrogen) atoms. The van der Waals surface area contributed by atoms with Gasteiger partial charge in [0.25, 0.3) is 0 Å². The quantitative estimate of drug-likeness (QED) is 0.843. The molecule has 0 radical (unpaired) electrons. The van der Waals surface area contributed by atoms with Crippen LogP contribution in [0.25, 0.3) is 0 Å². The number of aryl methyl sites for hydroxylation is 2. The summed E-state index contributed by atoms with van der Waals surface area (Å²) in [4.78, 5) is 0. The maximum atomic E-state index is 6.22. The molecule has 1 unspecified atom stereocenters. The molecule has 0 aromatic heterocycles. The molecule has 1 nitrogen and oxygen atoms in total. The number of halogens is 2. The molecular formula is C17H19Cl2N. The highest BCUT2D eigenvalue weighted by Crippen LogP contribution is 2.26. The second-order valence-corrected chi connectivity index (χ2v) is 5.94. The normalized spacial score (nSPS) is 12.4. The summed E-state index contributed by atoms with van der Waals surface area (Å²) < 4.78 is 0. The van der Waals surface area contributed by atoms with E-state index in [0.29, 0.717) is 16.5 Å². The van der Waals surface area contributed by atoms with Crippen molar-refractivity contribution in [3.8, 4) is 0 Å². The van der Waals surface area contributed by atoms with Gasteiger partial charge in [0.15, 0.2) is 0 Å². The minimum atomic E-state index is 0.0620. The van der Waals surface area contributed by atoms with Crippen LogP contribution in [0.1, 0.15) is 23.1 Å². The van der Waals surface area contributed by atoms with Crippen LogP contribution < -0.4 is 5.73 Å². The first-order valence-corrected chi connectivity index (χ1v) is 7.56. The van der Waals surface area contributed by atoms with Gasteiger partial charge in [0.1, 0.15) is 0 Å². The lowest BCUT2D eigenvalue weighted by atomic mass is 9.97. The van der Waals surface area contributed by atoms with Crippen LogP contribution in [-0.4, -0.2) is 6.04 Å². The van der Waals surface area contributed by atoms with Crippen LogP contribution in [0.15, 0.2) is 42.5 Å². The topological polar surface area (TPSA) is 26.0 Å². The SMILES string of the molecule is Cc1ccccc1CCC(N)Cc1c(Cl)cccc1Cl. The summed E-state index contributed by atoms with van der Waals surface area (Å²) in [6.07, 6.45) is 2.62. The molecule has 0 aliphatic carbocycles. The van der Waals surface area contributed by atoms with Crippen molar-refractivity contribution in [2.75, 3.05) is 0 Å². The molecule has 0 saturated carbocycles. The molecule has 0 spiro atoms. The standard InChI is InChI=1S/C17H19Cl2N/c1-12-5-2-3-6-13(12)9-10-14(20)11-15-16(18)7-4-8-17(15)19/h2-8,14H,9-11,20H2,1H3. The van der Waals surface area contributed by atoms with Crippen LogP contribution in [0, 0.1) is 6.92 Å². The van der Waals surface area contributed by atoms with Crippen molar-refractivity contribution in [1.82, 2.24) is 0 Å². The van der Waals surface area contributed by atoms with Gasteiger partial charge in [-0.2, -0.15) is 0 Å². The predicted octanol–water partition coefficient (Wildman–Crippen LogP) is 4.80. The van der Waals surface area contributed by atoms with Gasteiger partial charge in [-0.1, -0.05) is 53.5 Å². The van der Waals surface area contributed by atoms with E-state index < -0.39 is 0 Å². The van der Waals surface area contributed by atoms with Gasteiger partial charge in [0, 0.05) is 16.1 Å². The van der Waals surface area contributed by atoms with Gasteiger partial charge in [0.2, 0.25) is 0 Å². The van der Waals surface area contributed by atoms with Crippen LogP contribution in [0.4, 0.5) is 0 Å². The van der Waals surface area contributed by atoms with Crippen molar-refractivity contribution >= 4 is 23.2 Å². The number of hydrogen-bond acceptors (Lipinski definition) is 1. The van der Waals surface area contributed by atoms with E-state index in [9.17, 15) is 0 Å². The summed E-state index contributed by atoms with van der Waals surface area (Å²) >= 11 is 12.4. The number of benzene rings is 2. The van der Waals surface area contributed by atoms with E-state index in [1.165, 1.54) is 11.1 Å². The third kappa shape index (κ3) is 3.99. The van der Waals surface area contributed by atoms with E-state index in [1.54, 1.807) is 0 Å². The summed E-state index contributed by atoms with van der Waals surface area (Å²) in [6, 6.07) is 14.0. The fourth-order valence-electron chi connectivity index (χ4n) is 2.32. The summed E-state index contributed by atoms with van der Waals surface area (Å²) in [7, 11) is 0. The van der Waals surface area contributed by atoms with E-state index in [0.717, 1.165) is 18.4 Å². The van der Waals surface area contributed by atoms with Crippen LogP contribution in [0.2, 0.25) is 10.0 Å². The Morgan fingerprint density at radius 1 is 1.00 bits per heavy atom. The maximum absolute atomic E-state index is 6.22. The first-order valence-electron chi connectivity index (χ1n) is 6.81. The molecule has 0 heterocycles. The highest BCUT2D eigenvalue weighted by molar-refractivity contribution is 6.35. The molecule has 1 atom stereocenters. The van der Waals surface area contributed by atoms with Gasteiger partial charge in [0.05, 0.1) is 0 Å². The van der Waals surface area contributed by atoms with E-state index >= 15 is 0 Å². The molecule has 2 N–H and O–H groups in total. The molecule has 2 aromatic rings. The predicted molar refractivity (Wildman–Crippen MR) is 87.6 cm³/mol. The first kappa shape index (κ1) is 15.4. The Balaban J connectivity index is 1.96. The highest BCUT2D eigenvalue weighted by atomic mass is 35.5. The zero-order valence-corrected chi connectivity index (χ0v) is 13.1. The average molecular weight is 308 g/mol. The van der Waals surface area contributed by atoms with Crippen molar-refractivity contribution in [2.24, 2.45) is 5.73 Å². The largest absolute Gasteiger partial charge is 0.327 e. The van der Waals surface area contributed by atoms with Gasteiger partial charge in [-0.25, -0.2) is 0 Å². The summed E-state index contributed by atoms with van der Waals surface area (Å²) in [6.45, 7) is 2.13. The van der Waals surface area contributed by atoms with E-state index in [2.05, 4.69) is 31.2 Å².